The van der Waals surface area contributed by atoms with Gasteiger partial charge >= 0.3 is 5.97 Å². The molecule has 0 radical (unpaired) electrons. The maximum Gasteiger partial charge on any atom is 0.306 e. The zero-order valence-corrected chi connectivity index (χ0v) is 13.0. The molecule has 120 valence electrons. The van der Waals surface area contributed by atoms with E-state index >= 15 is 0 Å². The van der Waals surface area contributed by atoms with Gasteiger partial charge in [-0.1, -0.05) is 13.0 Å². The molecule has 6 nitrogen and oxygen atoms in total. The molecule has 1 aromatic carbocycles. The van der Waals surface area contributed by atoms with Crippen LogP contribution in [-0.2, 0) is 4.79 Å². The summed E-state index contributed by atoms with van der Waals surface area (Å²) in [6.07, 6.45) is 0.467. The van der Waals surface area contributed by atoms with E-state index in [1.54, 1.807) is 23.1 Å². The Morgan fingerprint density at radius 2 is 2.00 bits per heavy atom. The van der Waals surface area contributed by atoms with E-state index < -0.39 is 11.9 Å². The maximum absolute atomic E-state index is 12.7. The normalized spacial score (nSPS) is 21.3. The number of likely N-dealkylation sites (tertiary alicyclic amines) is 1. The quantitative estimate of drug-likeness (QED) is 0.919. The fourth-order valence-corrected chi connectivity index (χ4v) is 2.92. The average Bonchev–Trinajstić information content (AvgIpc) is 2.52. The summed E-state index contributed by atoms with van der Waals surface area (Å²) < 4.78 is 10.5. The van der Waals surface area contributed by atoms with E-state index in [1.165, 1.54) is 14.2 Å². The van der Waals surface area contributed by atoms with Crippen LogP contribution in [0, 0.1) is 11.8 Å². The van der Waals surface area contributed by atoms with Crippen LogP contribution in [0.15, 0.2) is 18.2 Å². The van der Waals surface area contributed by atoms with E-state index in [0.29, 0.717) is 36.6 Å². The summed E-state index contributed by atoms with van der Waals surface area (Å²) in [5.41, 5.74) is 0.433. The number of methoxy groups -OCH3 is 2. The average molecular weight is 307 g/mol. The summed E-state index contributed by atoms with van der Waals surface area (Å²) in [5.74, 6) is -0.516. The highest BCUT2D eigenvalue weighted by Crippen LogP contribution is 2.33. The Kier molecular flexibility index (Phi) is 4.90. The molecule has 2 rings (SSSR count). The van der Waals surface area contributed by atoms with Gasteiger partial charge in [-0.3, -0.25) is 9.59 Å². The van der Waals surface area contributed by atoms with E-state index in [4.69, 9.17) is 14.6 Å². The van der Waals surface area contributed by atoms with Crippen molar-refractivity contribution >= 4 is 11.9 Å². The van der Waals surface area contributed by atoms with Gasteiger partial charge in [0, 0.05) is 13.1 Å². The second-order valence-electron chi connectivity index (χ2n) is 5.50. The van der Waals surface area contributed by atoms with Crippen molar-refractivity contribution in [3.63, 3.8) is 0 Å². The minimum Gasteiger partial charge on any atom is -0.493 e. The molecular weight excluding hydrogens is 286 g/mol. The van der Waals surface area contributed by atoms with Crippen LogP contribution < -0.4 is 9.47 Å². The summed E-state index contributed by atoms with van der Waals surface area (Å²) in [5, 5.41) is 9.16. The highest BCUT2D eigenvalue weighted by molar-refractivity contribution is 5.98. The summed E-state index contributed by atoms with van der Waals surface area (Å²) in [6, 6.07) is 5.16. The summed E-state index contributed by atoms with van der Waals surface area (Å²) in [6.45, 7) is 2.72. The van der Waals surface area contributed by atoms with E-state index in [1.807, 2.05) is 6.92 Å². The lowest BCUT2D eigenvalue weighted by Crippen LogP contribution is -2.45. The highest BCUT2D eigenvalue weighted by Gasteiger charge is 2.34. The molecule has 1 saturated heterocycles. The fraction of sp³-hybridized carbons (Fsp3) is 0.500. The molecule has 1 fully saturated rings. The number of nitrogens with zero attached hydrogens (tertiary/aromatic N) is 1. The van der Waals surface area contributed by atoms with Crippen LogP contribution >= 0.6 is 0 Å². The molecule has 0 aliphatic carbocycles. The lowest BCUT2D eigenvalue weighted by atomic mass is 9.87. The molecule has 1 aliphatic rings. The Labute approximate surface area is 129 Å². The van der Waals surface area contributed by atoms with Crippen LogP contribution in [0.4, 0.5) is 0 Å². The predicted octanol–water partition coefficient (Wildman–Crippen LogP) is 1.89. The molecule has 2 atom stereocenters. The van der Waals surface area contributed by atoms with Gasteiger partial charge in [-0.2, -0.15) is 0 Å². The van der Waals surface area contributed by atoms with E-state index in [9.17, 15) is 9.59 Å². The number of ether oxygens (including phenoxy) is 2. The summed E-state index contributed by atoms with van der Waals surface area (Å²) >= 11 is 0. The van der Waals surface area contributed by atoms with Gasteiger partial charge in [0.05, 0.1) is 25.7 Å². The second-order valence-corrected chi connectivity index (χ2v) is 5.50. The van der Waals surface area contributed by atoms with E-state index in [2.05, 4.69) is 0 Å². The number of carbonyl (C=O) groups excluding carboxylic acids is 1. The number of carbonyl (C=O) groups is 2. The Morgan fingerprint density at radius 3 is 2.55 bits per heavy atom. The molecule has 0 saturated carbocycles. The number of rotatable bonds is 4. The van der Waals surface area contributed by atoms with Gasteiger partial charge in [0.25, 0.3) is 5.91 Å². The predicted molar refractivity (Wildman–Crippen MR) is 80.4 cm³/mol. The van der Waals surface area contributed by atoms with Crippen molar-refractivity contribution in [2.24, 2.45) is 11.8 Å². The molecule has 6 heteroatoms. The van der Waals surface area contributed by atoms with Crippen molar-refractivity contribution in [1.29, 1.82) is 0 Å². The first-order chi connectivity index (χ1) is 10.5. The first-order valence-electron chi connectivity index (χ1n) is 7.22. The van der Waals surface area contributed by atoms with Crippen LogP contribution in [0.1, 0.15) is 23.7 Å². The molecule has 22 heavy (non-hydrogen) atoms. The van der Waals surface area contributed by atoms with Crippen molar-refractivity contribution in [3.05, 3.63) is 23.8 Å². The van der Waals surface area contributed by atoms with E-state index in [0.717, 1.165) is 0 Å². The largest absolute Gasteiger partial charge is 0.493 e. The highest BCUT2D eigenvalue weighted by atomic mass is 16.5. The number of hydrogen-bond acceptors (Lipinski definition) is 4. The van der Waals surface area contributed by atoms with Gasteiger partial charge in [-0.25, -0.2) is 0 Å². The van der Waals surface area contributed by atoms with Crippen molar-refractivity contribution in [2.75, 3.05) is 27.3 Å². The molecule has 2 unspecified atom stereocenters. The van der Waals surface area contributed by atoms with Crippen molar-refractivity contribution in [2.45, 2.75) is 13.3 Å². The maximum atomic E-state index is 12.7. The molecule has 1 aromatic rings. The Balaban J connectivity index is 2.21. The van der Waals surface area contributed by atoms with E-state index in [-0.39, 0.29) is 11.8 Å². The zero-order valence-electron chi connectivity index (χ0n) is 13.0. The number of carboxylic acids is 1. The number of amides is 1. The molecule has 0 spiro atoms. The summed E-state index contributed by atoms with van der Waals surface area (Å²) in [7, 11) is 3.01. The van der Waals surface area contributed by atoms with Crippen LogP contribution in [0.2, 0.25) is 0 Å². The van der Waals surface area contributed by atoms with Crippen molar-refractivity contribution in [3.8, 4) is 11.5 Å². The van der Waals surface area contributed by atoms with Gasteiger partial charge in [-0.15, -0.1) is 0 Å². The van der Waals surface area contributed by atoms with Gasteiger partial charge in [0.1, 0.15) is 0 Å². The smallest absolute Gasteiger partial charge is 0.306 e. The first-order valence-corrected chi connectivity index (χ1v) is 7.22. The first kappa shape index (κ1) is 16.1. The third-order valence-corrected chi connectivity index (χ3v) is 4.14. The Bertz CT molecular complexity index is 572. The third kappa shape index (κ3) is 3.00. The SMILES string of the molecule is COc1cccc(C(=O)N2CCC(C(=O)O)C(C)C2)c1OC. The lowest BCUT2D eigenvalue weighted by molar-refractivity contribution is -0.145. The van der Waals surface area contributed by atoms with Crippen LogP contribution in [0.5, 0.6) is 11.5 Å². The molecule has 1 N–H and O–H groups in total. The van der Waals surface area contributed by atoms with Crippen molar-refractivity contribution < 1.29 is 24.2 Å². The number of para-hydroxylation sites is 1. The van der Waals surface area contributed by atoms with Gasteiger partial charge in [0.15, 0.2) is 11.5 Å². The zero-order chi connectivity index (χ0) is 16.3. The molecule has 1 aliphatic heterocycles. The number of aliphatic carboxylic acids is 1. The second kappa shape index (κ2) is 6.68. The minimum absolute atomic E-state index is 0.0770. The third-order valence-electron chi connectivity index (χ3n) is 4.14. The molecule has 1 amide bonds. The number of piperidine rings is 1. The van der Waals surface area contributed by atoms with Crippen molar-refractivity contribution in [1.82, 2.24) is 4.90 Å². The van der Waals surface area contributed by atoms with Gasteiger partial charge < -0.3 is 19.5 Å². The Hall–Kier alpha value is -2.24. The monoisotopic (exact) mass is 307 g/mol. The minimum atomic E-state index is -0.793. The van der Waals surface area contributed by atoms with Gasteiger partial charge in [-0.05, 0) is 24.5 Å². The molecular formula is C16H21NO5. The lowest BCUT2D eigenvalue weighted by Gasteiger charge is -2.35. The van der Waals surface area contributed by atoms with Crippen LogP contribution in [0.3, 0.4) is 0 Å². The van der Waals surface area contributed by atoms with Crippen LogP contribution in [-0.4, -0.2) is 49.2 Å². The van der Waals surface area contributed by atoms with Gasteiger partial charge in [0.2, 0.25) is 0 Å². The summed E-state index contributed by atoms with van der Waals surface area (Å²) in [4.78, 5) is 25.5. The fourth-order valence-electron chi connectivity index (χ4n) is 2.92. The van der Waals surface area contributed by atoms with Crippen LogP contribution in [0.25, 0.3) is 0 Å². The molecule has 0 bridgehead atoms. The number of benzene rings is 1. The number of hydrogen-bond donors (Lipinski definition) is 1. The number of carboxylic acid groups (broad SMARTS) is 1. The molecule has 1 heterocycles. The topological polar surface area (TPSA) is 76.1 Å². The Morgan fingerprint density at radius 1 is 1.27 bits per heavy atom. The molecule has 0 aromatic heterocycles. The standard InChI is InChI=1S/C16H21NO5/c1-10-9-17(8-7-11(10)16(19)20)15(18)12-5-4-6-13(21-2)14(12)22-3/h4-6,10-11H,7-9H2,1-3H3,(H,19,20).